The molecule has 0 aliphatic heterocycles. The molecule has 0 saturated heterocycles. The number of nitrogens with two attached hydrogens (primary N) is 1. The molecule has 0 aromatic carbocycles. The molecule has 2 aromatic heterocycles. The van der Waals surface area contributed by atoms with Gasteiger partial charge in [0.15, 0.2) is 0 Å². The number of hydrogen-bond acceptors (Lipinski definition) is 7. The van der Waals surface area contributed by atoms with Crippen LogP contribution in [-0.4, -0.2) is 18.3 Å². The number of anilines is 1. The Balaban J connectivity index is 2.25. The lowest BCUT2D eigenvalue weighted by Gasteiger charge is -2.05. The van der Waals surface area contributed by atoms with Crippen LogP contribution in [0.15, 0.2) is 40.0 Å². The number of pyridine rings is 1. The van der Waals surface area contributed by atoms with E-state index >= 15 is 0 Å². The maximum absolute atomic E-state index is 12.0. The highest BCUT2D eigenvalue weighted by Crippen LogP contribution is 2.22. The summed E-state index contributed by atoms with van der Waals surface area (Å²) in [6.07, 6.45) is 2.35. The number of nitrogen functional groups attached to an aromatic ring is 1. The van der Waals surface area contributed by atoms with Gasteiger partial charge in [-0.15, -0.1) is 0 Å². The second kappa shape index (κ2) is 5.27. The number of rotatable bonds is 5. The van der Waals surface area contributed by atoms with Crippen LogP contribution in [0.2, 0.25) is 0 Å². The SMILES string of the molecule is Nc1ncc(S(=O)(=O)NCc2ccco2)cc1[N+](=O)[O-]. The van der Waals surface area contributed by atoms with Gasteiger partial charge < -0.3 is 10.2 Å². The van der Waals surface area contributed by atoms with Crippen LogP contribution in [0.3, 0.4) is 0 Å². The zero-order valence-corrected chi connectivity index (χ0v) is 10.8. The number of nitro groups is 1. The van der Waals surface area contributed by atoms with Crippen LogP contribution >= 0.6 is 0 Å². The van der Waals surface area contributed by atoms with Gasteiger partial charge in [0.1, 0.15) is 10.7 Å². The average Bonchev–Trinajstić information content (AvgIpc) is 2.89. The largest absolute Gasteiger partial charge is 0.468 e. The summed E-state index contributed by atoms with van der Waals surface area (Å²) in [5.41, 5.74) is 4.74. The van der Waals surface area contributed by atoms with Crippen LogP contribution in [0, 0.1) is 10.1 Å². The molecule has 0 aliphatic rings. The number of aromatic nitrogens is 1. The zero-order chi connectivity index (χ0) is 14.8. The molecule has 0 saturated carbocycles. The molecular weight excluding hydrogens is 288 g/mol. The van der Waals surface area contributed by atoms with E-state index in [1.807, 2.05) is 0 Å². The van der Waals surface area contributed by atoms with Crippen molar-refractivity contribution in [1.29, 1.82) is 0 Å². The van der Waals surface area contributed by atoms with Crippen LogP contribution < -0.4 is 10.5 Å². The summed E-state index contributed by atoms with van der Waals surface area (Å²) >= 11 is 0. The van der Waals surface area contributed by atoms with Gasteiger partial charge in [-0.25, -0.2) is 18.1 Å². The highest BCUT2D eigenvalue weighted by molar-refractivity contribution is 7.89. The monoisotopic (exact) mass is 298 g/mol. The molecule has 9 nitrogen and oxygen atoms in total. The number of nitrogens with zero attached hydrogens (tertiary/aromatic N) is 2. The molecule has 0 spiro atoms. The molecule has 0 atom stereocenters. The van der Waals surface area contributed by atoms with E-state index in [2.05, 4.69) is 9.71 Å². The Bertz CT molecular complexity index is 726. The molecule has 0 radical (unpaired) electrons. The van der Waals surface area contributed by atoms with E-state index in [0.717, 1.165) is 12.3 Å². The molecule has 10 heteroatoms. The highest BCUT2D eigenvalue weighted by atomic mass is 32.2. The molecule has 0 amide bonds. The molecule has 20 heavy (non-hydrogen) atoms. The van der Waals surface area contributed by atoms with Crippen molar-refractivity contribution in [2.45, 2.75) is 11.4 Å². The summed E-state index contributed by atoms with van der Waals surface area (Å²) in [6.45, 7) is -0.0759. The molecule has 3 N–H and O–H groups in total. The molecule has 2 heterocycles. The minimum Gasteiger partial charge on any atom is -0.468 e. The summed E-state index contributed by atoms with van der Waals surface area (Å²) in [5.74, 6) is 0.0615. The van der Waals surface area contributed by atoms with Crippen molar-refractivity contribution < 1.29 is 17.8 Å². The summed E-state index contributed by atoms with van der Waals surface area (Å²) in [7, 11) is -3.94. The van der Waals surface area contributed by atoms with Crippen molar-refractivity contribution in [2.24, 2.45) is 0 Å². The lowest BCUT2D eigenvalue weighted by Crippen LogP contribution is -2.23. The van der Waals surface area contributed by atoms with E-state index in [0.29, 0.717) is 5.76 Å². The maximum Gasteiger partial charge on any atom is 0.312 e. The number of sulfonamides is 1. The predicted octanol–water partition coefficient (Wildman–Crippen LogP) is 0.643. The van der Waals surface area contributed by atoms with E-state index in [9.17, 15) is 18.5 Å². The van der Waals surface area contributed by atoms with Crippen molar-refractivity contribution in [3.05, 3.63) is 46.5 Å². The maximum atomic E-state index is 12.0. The van der Waals surface area contributed by atoms with Crippen LogP contribution in [-0.2, 0) is 16.6 Å². The predicted molar refractivity (Wildman–Crippen MR) is 68.0 cm³/mol. The summed E-state index contributed by atoms with van der Waals surface area (Å²) in [6, 6.07) is 4.05. The van der Waals surface area contributed by atoms with Gasteiger partial charge in [-0.1, -0.05) is 0 Å². The number of nitrogens with one attached hydrogen (secondary N) is 1. The van der Waals surface area contributed by atoms with E-state index in [1.54, 1.807) is 12.1 Å². The van der Waals surface area contributed by atoms with E-state index < -0.39 is 20.6 Å². The van der Waals surface area contributed by atoms with Gasteiger partial charge in [0.05, 0.1) is 17.7 Å². The lowest BCUT2D eigenvalue weighted by atomic mass is 10.4. The summed E-state index contributed by atoms with van der Waals surface area (Å²) in [4.78, 5) is 13.1. The molecule has 2 aromatic rings. The normalized spacial score (nSPS) is 11.4. The first-order valence-corrected chi connectivity index (χ1v) is 6.80. The van der Waals surface area contributed by atoms with Gasteiger partial charge in [-0.3, -0.25) is 10.1 Å². The molecule has 0 aliphatic carbocycles. The molecule has 0 fully saturated rings. The van der Waals surface area contributed by atoms with E-state index in [4.69, 9.17) is 10.2 Å². The molecule has 2 rings (SSSR count). The van der Waals surface area contributed by atoms with Crippen LogP contribution in [0.1, 0.15) is 5.76 Å². The Morgan fingerprint density at radius 3 is 2.85 bits per heavy atom. The fourth-order valence-corrected chi connectivity index (χ4v) is 2.36. The first-order chi connectivity index (χ1) is 9.40. The third-order valence-electron chi connectivity index (χ3n) is 2.40. The Labute approximate surface area is 113 Å². The Kier molecular flexibility index (Phi) is 3.68. The molecular formula is C10H10N4O5S. The zero-order valence-electron chi connectivity index (χ0n) is 10.0. The van der Waals surface area contributed by atoms with Crippen LogP contribution in [0.5, 0.6) is 0 Å². The summed E-state index contributed by atoms with van der Waals surface area (Å²) < 4.78 is 31.1. The van der Waals surface area contributed by atoms with Crippen molar-refractivity contribution in [2.75, 3.05) is 5.73 Å². The number of furan rings is 1. The number of hydrogen-bond donors (Lipinski definition) is 2. The second-order valence-electron chi connectivity index (χ2n) is 3.74. The summed E-state index contributed by atoms with van der Waals surface area (Å²) in [5, 5.41) is 10.7. The third kappa shape index (κ3) is 2.92. The Hall–Kier alpha value is -2.46. The first-order valence-electron chi connectivity index (χ1n) is 5.32. The first kappa shape index (κ1) is 14.0. The fourth-order valence-electron chi connectivity index (χ4n) is 1.40. The Morgan fingerprint density at radius 2 is 2.25 bits per heavy atom. The topological polar surface area (TPSA) is 141 Å². The quantitative estimate of drug-likeness (QED) is 0.609. The van der Waals surface area contributed by atoms with E-state index in [-0.39, 0.29) is 17.3 Å². The van der Waals surface area contributed by atoms with Crippen molar-refractivity contribution in [3.8, 4) is 0 Å². The van der Waals surface area contributed by atoms with Gasteiger partial charge in [-0.05, 0) is 12.1 Å². The average molecular weight is 298 g/mol. The van der Waals surface area contributed by atoms with Gasteiger partial charge in [0.2, 0.25) is 15.8 Å². The van der Waals surface area contributed by atoms with Gasteiger partial charge in [0, 0.05) is 12.3 Å². The minimum absolute atomic E-state index is 0.0759. The van der Waals surface area contributed by atoms with Crippen LogP contribution in [0.4, 0.5) is 11.5 Å². The van der Waals surface area contributed by atoms with Crippen molar-refractivity contribution >= 4 is 21.5 Å². The molecule has 0 unspecified atom stereocenters. The Morgan fingerprint density at radius 1 is 1.50 bits per heavy atom. The van der Waals surface area contributed by atoms with E-state index in [1.165, 1.54) is 6.26 Å². The van der Waals surface area contributed by atoms with Gasteiger partial charge >= 0.3 is 5.69 Å². The van der Waals surface area contributed by atoms with Gasteiger partial charge in [0.25, 0.3) is 0 Å². The smallest absolute Gasteiger partial charge is 0.312 e. The third-order valence-corrected chi connectivity index (χ3v) is 3.76. The standard InChI is InChI=1S/C10H10N4O5S/c11-10-9(14(15)16)4-8(6-12-10)20(17,18)13-5-7-2-1-3-19-7/h1-4,6,13H,5H2,(H2,11,12). The fraction of sp³-hybridized carbons (Fsp3) is 0.100. The molecule has 106 valence electrons. The minimum atomic E-state index is -3.94. The second-order valence-corrected chi connectivity index (χ2v) is 5.50. The van der Waals surface area contributed by atoms with Crippen LogP contribution in [0.25, 0.3) is 0 Å². The van der Waals surface area contributed by atoms with Gasteiger partial charge in [-0.2, -0.15) is 0 Å². The highest BCUT2D eigenvalue weighted by Gasteiger charge is 2.21. The van der Waals surface area contributed by atoms with Crippen molar-refractivity contribution in [3.63, 3.8) is 0 Å². The molecule has 0 bridgehead atoms. The lowest BCUT2D eigenvalue weighted by molar-refractivity contribution is -0.384. The van der Waals surface area contributed by atoms with Crippen molar-refractivity contribution in [1.82, 2.24) is 9.71 Å².